The van der Waals surface area contributed by atoms with E-state index in [4.69, 9.17) is 5.53 Å². The summed E-state index contributed by atoms with van der Waals surface area (Å²) >= 11 is 0. The second-order valence-corrected chi connectivity index (χ2v) is 2.24. The third-order valence-electron chi connectivity index (χ3n) is 1.60. The van der Waals surface area contributed by atoms with E-state index in [9.17, 15) is 0 Å². The molecule has 4 nitrogen and oxygen atoms in total. The van der Waals surface area contributed by atoms with Gasteiger partial charge in [-0.3, -0.25) is 0 Å². The van der Waals surface area contributed by atoms with Gasteiger partial charge in [0.05, 0.1) is 5.52 Å². The van der Waals surface area contributed by atoms with Gasteiger partial charge in [-0.15, -0.1) is 0 Å². The summed E-state index contributed by atoms with van der Waals surface area (Å²) in [6, 6.07) is 7.57. The molecule has 1 heterocycles. The number of rotatable bonds is 0. The van der Waals surface area contributed by atoms with E-state index in [2.05, 4.69) is 15.0 Å². The molecule has 0 aliphatic carbocycles. The van der Waals surface area contributed by atoms with Crippen LogP contribution in [0.5, 0.6) is 0 Å². The van der Waals surface area contributed by atoms with Gasteiger partial charge in [0.2, 0.25) is 0 Å². The lowest BCUT2D eigenvalue weighted by atomic mass is 10.3. The van der Waals surface area contributed by atoms with Crippen molar-refractivity contribution in [3.63, 3.8) is 0 Å². The van der Waals surface area contributed by atoms with Gasteiger partial charge in [0.1, 0.15) is 5.39 Å². The van der Waals surface area contributed by atoms with Crippen LogP contribution in [0.2, 0.25) is 0 Å². The summed E-state index contributed by atoms with van der Waals surface area (Å²) in [6.45, 7) is 0. The lowest BCUT2D eigenvalue weighted by Crippen LogP contribution is -2.02. The molecule has 0 bridgehead atoms. The maximum absolute atomic E-state index is 8.50. The number of aromatic nitrogens is 2. The van der Waals surface area contributed by atoms with E-state index in [0.717, 1.165) is 10.9 Å². The molecule has 0 saturated heterocycles. The predicted molar refractivity (Wildman–Crippen MR) is 39.4 cm³/mol. The summed E-state index contributed by atoms with van der Waals surface area (Å²) in [7, 11) is 0. The van der Waals surface area contributed by atoms with Crippen molar-refractivity contribution in [1.82, 2.24) is 10.2 Å². The van der Waals surface area contributed by atoms with Crippen LogP contribution >= 0.6 is 0 Å². The van der Waals surface area contributed by atoms with Crippen LogP contribution in [0.25, 0.3) is 16.4 Å². The van der Waals surface area contributed by atoms with Gasteiger partial charge in [0, 0.05) is 0 Å². The van der Waals surface area contributed by atoms with Crippen molar-refractivity contribution >= 4 is 10.9 Å². The number of benzene rings is 1. The van der Waals surface area contributed by atoms with Crippen molar-refractivity contribution in [1.29, 1.82) is 0 Å². The van der Waals surface area contributed by atoms with Crippen LogP contribution in [0.1, 0.15) is 0 Å². The molecule has 0 saturated carbocycles. The molecule has 0 fully saturated rings. The van der Waals surface area contributed by atoms with Crippen LogP contribution in [-0.4, -0.2) is 15.0 Å². The number of hydrogen-bond donors (Lipinski definition) is 2. The highest BCUT2D eigenvalue weighted by molar-refractivity contribution is 5.76. The minimum Gasteiger partial charge on any atom is -0.497 e. The summed E-state index contributed by atoms with van der Waals surface area (Å²) in [5.74, 6) is 0. The Bertz CT molecular complexity index is 458. The predicted octanol–water partition coefficient (Wildman–Crippen LogP) is 0.626. The van der Waals surface area contributed by atoms with Gasteiger partial charge in [-0.05, 0) is 12.1 Å². The van der Waals surface area contributed by atoms with Crippen molar-refractivity contribution in [3.8, 4) is 0 Å². The first-order chi connectivity index (χ1) is 5.42. The number of H-pyrrole nitrogens is 2. The summed E-state index contributed by atoms with van der Waals surface area (Å²) in [4.78, 5) is 3.07. The molecule has 0 aliphatic rings. The Hall–Kier alpha value is -1.80. The molecule has 0 unspecified atom stereocenters. The van der Waals surface area contributed by atoms with E-state index in [1.54, 1.807) is 0 Å². The second kappa shape index (κ2) is 2.11. The minimum atomic E-state index is 0.459. The van der Waals surface area contributed by atoms with Gasteiger partial charge < -0.3 is 10.3 Å². The Morgan fingerprint density at radius 3 is 2.82 bits per heavy atom. The van der Waals surface area contributed by atoms with Crippen molar-refractivity contribution in [3.05, 3.63) is 35.3 Å². The minimum absolute atomic E-state index is 0.459. The zero-order valence-corrected chi connectivity index (χ0v) is 5.70. The Kier molecular flexibility index (Phi) is 1.14. The molecule has 0 atom stereocenters. The molecule has 2 N–H and O–H groups in total. The number of nitrogens with one attached hydrogen (secondary N) is 2. The normalized spacial score (nSPS) is 9.82. The summed E-state index contributed by atoms with van der Waals surface area (Å²) in [5, 5.41) is 6.47. The van der Waals surface area contributed by atoms with Gasteiger partial charge in [0.25, 0.3) is 0 Å². The lowest BCUT2D eigenvalue weighted by Gasteiger charge is -1.78. The summed E-state index contributed by atoms with van der Waals surface area (Å²) in [5.41, 5.74) is 9.89. The molecular formula is C7H6N4. The van der Waals surface area contributed by atoms with Crippen LogP contribution in [0.4, 0.5) is 0 Å². The molecule has 0 amide bonds. The van der Waals surface area contributed by atoms with E-state index in [-0.39, 0.29) is 0 Å². The monoisotopic (exact) mass is 146 g/mol. The average Bonchev–Trinajstić information content (AvgIpc) is 2.47. The standard InChI is InChI=1S/C7H6N4/c8-9-7-5-3-1-2-4-6(5)10-11-7/h1-4,10-11H. The van der Waals surface area contributed by atoms with Gasteiger partial charge in [0.15, 0.2) is 0 Å². The molecule has 2 aromatic rings. The van der Waals surface area contributed by atoms with E-state index in [0.29, 0.717) is 5.49 Å². The van der Waals surface area contributed by atoms with E-state index in [1.165, 1.54) is 0 Å². The molecule has 0 spiro atoms. The second-order valence-electron chi connectivity index (χ2n) is 2.24. The van der Waals surface area contributed by atoms with Crippen molar-refractivity contribution in [2.75, 3.05) is 0 Å². The molecule has 11 heavy (non-hydrogen) atoms. The highest BCUT2D eigenvalue weighted by atomic mass is 15.1. The third-order valence-corrected chi connectivity index (χ3v) is 1.60. The number of para-hydroxylation sites is 1. The highest BCUT2D eigenvalue weighted by Crippen LogP contribution is 2.02. The highest BCUT2D eigenvalue weighted by Gasteiger charge is 2.00. The first kappa shape index (κ1) is 5.95. The lowest BCUT2D eigenvalue weighted by molar-refractivity contribution is -0.0697. The molecule has 0 radical (unpaired) electrons. The number of fused-ring (bicyclic) bond motifs is 1. The van der Waals surface area contributed by atoms with Gasteiger partial charge in [-0.25, -0.2) is 5.10 Å². The Balaban J connectivity index is 3.10. The van der Waals surface area contributed by atoms with Crippen LogP contribution in [0.15, 0.2) is 24.3 Å². The first-order valence-electron chi connectivity index (χ1n) is 3.25. The maximum Gasteiger partial charge on any atom is 0.385 e. The first-order valence-corrected chi connectivity index (χ1v) is 3.25. The molecule has 54 valence electrons. The number of aromatic amines is 2. The van der Waals surface area contributed by atoms with Gasteiger partial charge >= 0.3 is 5.49 Å². The molecule has 0 aliphatic heterocycles. The van der Waals surface area contributed by atoms with Gasteiger partial charge in [-0.2, -0.15) is 5.10 Å². The average molecular weight is 146 g/mol. The number of hydrogen-bond acceptors (Lipinski definition) is 0. The fourth-order valence-corrected chi connectivity index (χ4v) is 1.07. The van der Waals surface area contributed by atoms with E-state index in [1.807, 2.05) is 24.3 Å². The molecule has 4 heteroatoms. The maximum atomic E-state index is 8.50. The SMILES string of the molecule is [N-]=[N+]=c1[nH][nH]c2ccccc12. The zero-order chi connectivity index (χ0) is 7.68. The van der Waals surface area contributed by atoms with Crippen LogP contribution < -0.4 is 5.49 Å². The number of nitrogens with zero attached hydrogens (tertiary/aromatic N) is 2. The van der Waals surface area contributed by atoms with Gasteiger partial charge in [-0.1, -0.05) is 12.1 Å². The quantitative estimate of drug-likeness (QED) is 0.404. The van der Waals surface area contributed by atoms with Crippen molar-refractivity contribution in [2.45, 2.75) is 0 Å². The van der Waals surface area contributed by atoms with Crippen LogP contribution in [0.3, 0.4) is 0 Å². The fraction of sp³-hybridized carbons (Fsp3) is 0. The Labute approximate surface area is 62.1 Å². The summed E-state index contributed by atoms with van der Waals surface area (Å²) < 4.78 is 0. The fourth-order valence-electron chi connectivity index (χ4n) is 1.07. The molecule has 2 rings (SSSR count). The Morgan fingerprint density at radius 1 is 1.18 bits per heavy atom. The smallest absolute Gasteiger partial charge is 0.385 e. The molecular weight excluding hydrogens is 140 g/mol. The Morgan fingerprint density at radius 2 is 2.00 bits per heavy atom. The van der Waals surface area contributed by atoms with E-state index >= 15 is 0 Å². The topological polar surface area (TPSA) is 68.0 Å². The van der Waals surface area contributed by atoms with Crippen LogP contribution in [-0.2, 0) is 0 Å². The molecule has 1 aromatic heterocycles. The van der Waals surface area contributed by atoms with Crippen LogP contribution in [0, 0.1) is 0 Å². The van der Waals surface area contributed by atoms with E-state index < -0.39 is 0 Å². The van der Waals surface area contributed by atoms with Crippen molar-refractivity contribution in [2.24, 2.45) is 0 Å². The van der Waals surface area contributed by atoms with Crippen molar-refractivity contribution < 1.29 is 4.79 Å². The summed E-state index contributed by atoms with van der Waals surface area (Å²) in [6.07, 6.45) is 0. The third kappa shape index (κ3) is 0.772. The molecule has 1 aromatic carbocycles. The largest absolute Gasteiger partial charge is 0.497 e. The zero-order valence-electron chi connectivity index (χ0n) is 5.70.